The monoisotopic (exact) mass is 674 g/mol. The molecule has 0 aliphatic heterocycles. The molecule has 244 valence electrons. The zero-order chi connectivity index (χ0) is 33.8. The van der Waals surface area contributed by atoms with E-state index in [1.54, 1.807) is 35.9 Å². The van der Waals surface area contributed by atoms with Crippen LogP contribution >= 0.6 is 23.5 Å². The summed E-state index contributed by atoms with van der Waals surface area (Å²) in [5.74, 6) is 0.0191. The van der Waals surface area contributed by atoms with Gasteiger partial charge in [0.15, 0.2) is 0 Å². The van der Waals surface area contributed by atoms with Crippen molar-refractivity contribution in [1.29, 1.82) is 0 Å². The Morgan fingerprint density at radius 2 is 1.09 bits per heavy atom. The lowest BCUT2D eigenvalue weighted by Crippen LogP contribution is -2.03. The summed E-state index contributed by atoms with van der Waals surface area (Å²) in [6.07, 6.45) is 10.3. The predicted molar refractivity (Wildman–Crippen MR) is 184 cm³/mol. The van der Waals surface area contributed by atoms with E-state index in [0.29, 0.717) is 25.0 Å². The fraction of sp³-hybridized carbons (Fsp3) is 0.152. The van der Waals surface area contributed by atoms with Crippen LogP contribution in [-0.2, 0) is 22.8 Å². The van der Waals surface area contributed by atoms with Gasteiger partial charge in [-0.3, -0.25) is 18.4 Å². The van der Waals surface area contributed by atoms with Gasteiger partial charge in [-0.2, -0.15) is 0 Å². The summed E-state index contributed by atoms with van der Waals surface area (Å²) in [7, 11) is 0. The average Bonchev–Trinajstić information content (AvgIpc) is 3.59. The van der Waals surface area contributed by atoms with Gasteiger partial charge >= 0.3 is 11.9 Å². The predicted octanol–water partition coefficient (Wildman–Crippen LogP) is 5.98. The maximum atomic E-state index is 9.43. The summed E-state index contributed by atoms with van der Waals surface area (Å²) >= 11 is 3.23. The molecular weight excluding hydrogens is 641 g/mol. The molecule has 0 aliphatic rings. The SMILES string of the molecule is CSc1cc2c(OCc3ccccc3)nccn2c1N.CSc1cc2c(OCc3ccccc3)nccn2c1N.O=C(O)CC(=O)O. The Balaban J connectivity index is 0.000000178. The number of ether oxygens (including phenoxy) is 2. The molecular formula is C33H34N6O6S2. The van der Waals surface area contributed by atoms with Crippen molar-refractivity contribution < 1.29 is 29.3 Å². The molecule has 0 unspecified atom stereocenters. The van der Waals surface area contributed by atoms with Gasteiger partial charge in [0.05, 0.1) is 9.79 Å². The van der Waals surface area contributed by atoms with Gasteiger partial charge in [-0.1, -0.05) is 60.7 Å². The Bertz CT molecular complexity index is 1790. The number of aromatic nitrogens is 4. The Kier molecular flexibility index (Phi) is 12.4. The fourth-order valence-electron chi connectivity index (χ4n) is 4.28. The van der Waals surface area contributed by atoms with E-state index in [2.05, 4.69) is 9.97 Å². The number of hydrogen-bond acceptors (Lipinski definition) is 10. The van der Waals surface area contributed by atoms with Gasteiger partial charge in [0.25, 0.3) is 0 Å². The second kappa shape index (κ2) is 16.8. The highest BCUT2D eigenvalue weighted by Gasteiger charge is 2.13. The summed E-state index contributed by atoms with van der Waals surface area (Å²) < 4.78 is 15.4. The van der Waals surface area contributed by atoms with Crippen molar-refractivity contribution >= 4 is 58.1 Å². The number of benzene rings is 2. The second-order valence-electron chi connectivity index (χ2n) is 9.68. The molecule has 6 N–H and O–H groups in total. The summed E-state index contributed by atoms with van der Waals surface area (Å²) in [5.41, 5.74) is 16.2. The van der Waals surface area contributed by atoms with E-state index in [1.807, 2.05) is 107 Å². The van der Waals surface area contributed by atoms with Crippen LogP contribution in [0.1, 0.15) is 17.5 Å². The summed E-state index contributed by atoms with van der Waals surface area (Å²) in [6, 6.07) is 24.1. The molecule has 0 aliphatic carbocycles. The van der Waals surface area contributed by atoms with Crippen molar-refractivity contribution in [3.8, 4) is 11.8 Å². The lowest BCUT2D eigenvalue weighted by atomic mass is 10.2. The third-order valence-electron chi connectivity index (χ3n) is 6.51. The first-order valence-corrected chi connectivity index (χ1v) is 16.5. The van der Waals surface area contributed by atoms with Crippen LogP contribution in [0.4, 0.5) is 11.6 Å². The van der Waals surface area contributed by atoms with Gasteiger partial charge < -0.3 is 31.2 Å². The molecule has 2 aromatic carbocycles. The lowest BCUT2D eigenvalue weighted by molar-refractivity contribution is -0.147. The zero-order valence-electron chi connectivity index (χ0n) is 25.6. The first-order valence-electron chi connectivity index (χ1n) is 14.1. The number of nitrogen functional groups attached to an aromatic ring is 2. The molecule has 6 rings (SSSR count). The third kappa shape index (κ3) is 9.34. The smallest absolute Gasteiger partial charge is 0.314 e. The molecule has 0 bridgehead atoms. The van der Waals surface area contributed by atoms with Crippen LogP contribution in [0, 0.1) is 0 Å². The molecule has 0 atom stereocenters. The van der Waals surface area contributed by atoms with Gasteiger partial charge in [-0.15, -0.1) is 23.5 Å². The molecule has 47 heavy (non-hydrogen) atoms. The standard InChI is InChI=1S/2C15H15N3OS.C3H4O4/c2*1-20-13-9-12-15(17-7-8-18(12)14(13)16)19-10-11-5-3-2-4-6-11;4-2(5)1-3(6)7/h2*2-9H,10,16H2,1H3;1H2,(H,4,5)(H,6,7). The van der Waals surface area contributed by atoms with E-state index in [9.17, 15) is 9.59 Å². The Hall–Kier alpha value is -5.34. The number of aliphatic carboxylic acids is 2. The largest absolute Gasteiger partial charge is 0.481 e. The van der Waals surface area contributed by atoms with Gasteiger partial charge in [0.2, 0.25) is 11.8 Å². The minimum atomic E-state index is -1.31. The third-order valence-corrected chi connectivity index (χ3v) is 8.04. The van der Waals surface area contributed by atoms with Crippen LogP contribution in [0.15, 0.2) is 107 Å². The number of carbonyl (C=O) groups is 2. The molecule has 0 radical (unpaired) electrons. The maximum absolute atomic E-state index is 9.43. The minimum absolute atomic E-state index is 0.493. The van der Waals surface area contributed by atoms with Crippen LogP contribution in [0.5, 0.6) is 11.8 Å². The van der Waals surface area contributed by atoms with Crippen molar-refractivity contribution in [2.45, 2.75) is 29.4 Å². The molecule has 0 fully saturated rings. The van der Waals surface area contributed by atoms with E-state index >= 15 is 0 Å². The Labute approximate surface area is 279 Å². The van der Waals surface area contributed by atoms with E-state index in [1.165, 1.54) is 0 Å². The highest BCUT2D eigenvalue weighted by atomic mass is 32.2. The van der Waals surface area contributed by atoms with E-state index < -0.39 is 18.4 Å². The molecule has 0 spiro atoms. The summed E-state index contributed by atoms with van der Waals surface area (Å²) in [5, 5.41) is 15.4. The molecule has 0 saturated carbocycles. The number of fused-ring (bicyclic) bond motifs is 2. The number of thioether (sulfide) groups is 2. The normalized spacial score (nSPS) is 10.4. The highest BCUT2D eigenvalue weighted by Crippen LogP contribution is 2.32. The topological polar surface area (TPSA) is 180 Å². The van der Waals surface area contributed by atoms with Crippen molar-refractivity contribution in [3.05, 3.63) is 109 Å². The fourth-order valence-corrected chi connectivity index (χ4v) is 5.36. The maximum Gasteiger partial charge on any atom is 0.314 e. The van der Waals surface area contributed by atoms with Gasteiger partial charge in [-0.25, -0.2) is 9.97 Å². The van der Waals surface area contributed by atoms with Crippen LogP contribution < -0.4 is 20.9 Å². The Morgan fingerprint density at radius 1 is 0.702 bits per heavy atom. The van der Waals surface area contributed by atoms with Crippen molar-refractivity contribution in [1.82, 2.24) is 18.8 Å². The van der Waals surface area contributed by atoms with Gasteiger partial charge in [0, 0.05) is 24.8 Å². The van der Waals surface area contributed by atoms with E-state index in [0.717, 1.165) is 43.6 Å². The zero-order valence-corrected chi connectivity index (χ0v) is 27.3. The van der Waals surface area contributed by atoms with E-state index in [4.69, 9.17) is 31.2 Å². The van der Waals surface area contributed by atoms with Gasteiger partial charge in [-0.05, 0) is 35.8 Å². The lowest BCUT2D eigenvalue weighted by Gasteiger charge is -2.07. The van der Waals surface area contributed by atoms with Crippen LogP contribution in [0.2, 0.25) is 0 Å². The molecule has 6 aromatic rings. The van der Waals surface area contributed by atoms with Crippen molar-refractivity contribution in [3.63, 3.8) is 0 Å². The number of rotatable bonds is 10. The summed E-state index contributed by atoms with van der Waals surface area (Å²) in [6.45, 7) is 0.987. The number of hydrogen-bond donors (Lipinski definition) is 4. The minimum Gasteiger partial charge on any atom is -0.481 e. The summed E-state index contributed by atoms with van der Waals surface area (Å²) in [4.78, 5) is 29.5. The molecule has 0 amide bonds. The molecule has 14 heteroatoms. The second-order valence-corrected chi connectivity index (χ2v) is 11.4. The first kappa shape index (κ1) is 34.5. The average molecular weight is 675 g/mol. The van der Waals surface area contributed by atoms with Crippen LogP contribution in [0.25, 0.3) is 11.0 Å². The number of nitrogens with two attached hydrogens (primary N) is 2. The molecule has 4 aromatic heterocycles. The van der Waals surface area contributed by atoms with E-state index in [-0.39, 0.29) is 0 Å². The highest BCUT2D eigenvalue weighted by molar-refractivity contribution is 7.99. The van der Waals surface area contributed by atoms with Crippen molar-refractivity contribution in [2.75, 3.05) is 24.0 Å². The molecule has 4 heterocycles. The first-order chi connectivity index (χ1) is 22.7. The van der Waals surface area contributed by atoms with Crippen LogP contribution in [-0.4, -0.2) is 53.4 Å². The number of carboxylic acid groups (broad SMARTS) is 2. The quantitative estimate of drug-likeness (QED) is 0.0988. The molecule has 12 nitrogen and oxygen atoms in total. The number of nitrogens with zero attached hydrogens (tertiary/aromatic N) is 4. The van der Waals surface area contributed by atoms with Crippen LogP contribution in [0.3, 0.4) is 0 Å². The Morgan fingerprint density at radius 3 is 1.40 bits per heavy atom. The van der Waals surface area contributed by atoms with Gasteiger partial charge in [0.1, 0.15) is 42.3 Å². The molecule has 0 saturated heterocycles. The van der Waals surface area contributed by atoms with Crippen molar-refractivity contribution in [2.24, 2.45) is 0 Å². The number of carboxylic acids is 2. The number of anilines is 2.